The first kappa shape index (κ1) is 15.3. The van der Waals surface area contributed by atoms with Gasteiger partial charge in [0.15, 0.2) is 5.13 Å². The Morgan fingerprint density at radius 2 is 2.26 bits per heavy atom. The summed E-state index contributed by atoms with van der Waals surface area (Å²) in [5.74, 6) is 0.390. The Hall–Kier alpha value is -2.55. The highest BCUT2D eigenvalue weighted by atomic mass is 32.1. The Bertz CT molecular complexity index is 839. The molecule has 0 aliphatic carbocycles. The second kappa shape index (κ2) is 6.29. The van der Waals surface area contributed by atoms with E-state index >= 15 is 0 Å². The molecule has 0 bridgehead atoms. The zero-order valence-corrected chi connectivity index (χ0v) is 13.7. The molecule has 0 aliphatic heterocycles. The Kier molecular flexibility index (Phi) is 4.20. The fourth-order valence-corrected chi connectivity index (χ4v) is 2.79. The molecule has 0 atom stereocenters. The predicted molar refractivity (Wildman–Crippen MR) is 87.4 cm³/mol. The third-order valence-corrected chi connectivity index (χ3v) is 4.06. The number of nitrogen functional groups attached to an aromatic ring is 1. The average molecular weight is 331 g/mol. The number of fused-ring (bicyclic) bond motifs is 1. The molecule has 23 heavy (non-hydrogen) atoms. The monoisotopic (exact) mass is 331 g/mol. The largest absolute Gasteiger partial charge is 0.375 e. The number of nitrogens with one attached hydrogen (secondary N) is 1. The minimum atomic E-state index is -0.236. The van der Waals surface area contributed by atoms with Gasteiger partial charge in [0.2, 0.25) is 0 Å². The topological polar surface area (TPSA) is 111 Å². The summed E-state index contributed by atoms with van der Waals surface area (Å²) in [6, 6.07) is 1.75. The van der Waals surface area contributed by atoms with Crippen molar-refractivity contribution in [2.75, 3.05) is 12.3 Å². The number of carbonyl (C=O) groups is 1. The van der Waals surface area contributed by atoms with Gasteiger partial charge in [0.05, 0.1) is 11.4 Å². The highest BCUT2D eigenvalue weighted by Crippen LogP contribution is 2.15. The standard InChI is InChI=1S/C14H17N7OS/c1-8(2)11-5-10(20-14-17-7-18-21(11)14)12(22)16-4-3-9-6-23-13(15)19-9/h5-8H,3-4H2,1-2H3,(H2,15,19)(H,16,22). The van der Waals surface area contributed by atoms with Crippen LogP contribution in [0.25, 0.3) is 5.78 Å². The maximum atomic E-state index is 12.3. The van der Waals surface area contributed by atoms with Gasteiger partial charge in [-0.1, -0.05) is 13.8 Å². The summed E-state index contributed by atoms with van der Waals surface area (Å²) >= 11 is 1.39. The quantitative estimate of drug-likeness (QED) is 0.728. The van der Waals surface area contributed by atoms with E-state index in [0.29, 0.717) is 29.6 Å². The van der Waals surface area contributed by atoms with Crippen LogP contribution in [0.2, 0.25) is 0 Å². The van der Waals surface area contributed by atoms with E-state index in [1.807, 2.05) is 19.2 Å². The number of carbonyl (C=O) groups excluding carboxylic acids is 1. The smallest absolute Gasteiger partial charge is 0.270 e. The lowest BCUT2D eigenvalue weighted by molar-refractivity contribution is 0.0949. The second-order valence-electron chi connectivity index (χ2n) is 5.38. The van der Waals surface area contributed by atoms with Gasteiger partial charge < -0.3 is 11.1 Å². The number of hydrogen-bond donors (Lipinski definition) is 2. The number of thiazole rings is 1. The van der Waals surface area contributed by atoms with Crippen molar-refractivity contribution in [2.45, 2.75) is 26.2 Å². The van der Waals surface area contributed by atoms with Crippen LogP contribution in [0.4, 0.5) is 5.13 Å². The number of anilines is 1. The molecule has 0 aliphatic rings. The predicted octanol–water partition coefficient (Wildman–Crippen LogP) is 1.26. The molecule has 0 radical (unpaired) electrons. The molecule has 0 spiro atoms. The van der Waals surface area contributed by atoms with Crippen LogP contribution in [0.5, 0.6) is 0 Å². The highest BCUT2D eigenvalue weighted by Gasteiger charge is 2.15. The zero-order valence-electron chi connectivity index (χ0n) is 12.9. The summed E-state index contributed by atoms with van der Waals surface area (Å²) in [4.78, 5) is 24.8. The van der Waals surface area contributed by atoms with Gasteiger partial charge in [-0.25, -0.2) is 14.5 Å². The number of nitrogens with two attached hydrogens (primary N) is 1. The van der Waals surface area contributed by atoms with E-state index in [4.69, 9.17) is 5.73 Å². The summed E-state index contributed by atoms with van der Waals surface area (Å²) in [5.41, 5.74) is 7.69. The molecule has 3 heterocycles. The molecule has 3 N–H and O–H groups in total. The van der Waals surface area contributed by atoms with Gasteiger partial charge in [-0.05, 0) is 12.0 Å². The molecule has 3 rings (SSSR count). The number of rotatable bonds is 5. The van der Waals surface area contributed by atoms with Gasteiger partial charge >= 0.3 is 0 Å². The summed E-state index contributed by atoms with van der Waals surface area (Å²) in [6.45, 7) is 4.54. The minimum absolute atomic E-state index is 0.201. The first-order valence-electron chi connectivity index (χ1n) is 7.23. The van der Waals surface area contributed by atoms with Crippen LogP contribution in [-0.2, 0) is 6.42 Å². The Morgan fingerprint density at radius 3 is 2.96 bits per heavy atom. The molecule has 8 nitrogen and oxygen atoms in total. The van der Waals surface area contributed by atoms with Crippen molar-refractivity contribution in [3.63, 3.8) is 0 Å². The normalized spacial score (nSPS) is 11.3. The number of amides is 1. The van der Waals surface area contributed by atoms with Gasteiger partial charge in [0.25, 0.3) is 11.7 Å². The Labute approximate surface area is 136 Å². The van der Waals surface area contributed by atoms with Crippen molar-refractivity contribution in [2.24, 2.45) is 0 Å². The van der Waals surface area contributed by atoms with E-state index in [1.54, 1.807) is 10.6 Å². The van der Waals surface area contributed by atoms with Crippen LogP contribution in [0.15, 0.2) is 17.8 Å². The Balaban J connectivity index is 1.72. The molecule has 0 aromatic carbocycles. The van der Waals surface area contributed by atoms with Gasteiger partial charge in [-0.2, -0.15) is 10.1 Å². The first-order valence-corrected chi connectivity index (χ1v) is 8.11. The SMILES string of the molecule is CC(C)c1cc(C(=O)NCCc2csc(N)n2)nc2ncnn12. The fourth-order valence-electron chi connectivity index (χ4n) is 2.19. The lowest BCUT2D eigenvalue weighted by atomic mass is 10.1. The average Bonchev–Trinajstić information content (AvgIpc) is 3.14. The Morgan fingerprint density at radius 1 is 1.43 bits per heavy atom. The van der Waals surface area contributed by atoms with E-state index in [9.17, 15) is 4.79 Å². The molecule has 1 amide bonds. The first-order chi connectivity index (χ1) is 11.0. The van der Waals surface area contributed by atoms with Crippen molar-refractivity contribution in [1.82, 2.24) is 29.9 Å². The molecule has 0 saturated heterocycles. The van der Waals surface area contributed by atoms with Crippen molar-refractivity contribution in [1.29, 1.82) is 0 Å². The van der Waals surface area contributed by atoms with Gasteiger partial charge in [-0.3, -0.25) is 4.79 Å². The summed E-state index contributed by atoms with van der Waals surface area (Å²) < 4.78 is 1.65. The number of nitrogens with zero attached hydrogens (tertiary/aromatic N) is 5. The summed E-state index contributed by atoms with van der Waals surface area (Å²) in [5, 5.41) is 9.40. The third kappa shape index (κ3) is 3.29. The van der Waals surface area contributed by atoms with E-state index in [1.165, 1.54) is 17.7 Å². The summed E-state index contributed by atoms with van der Waals surface area (Å²) in [7, 11) is 0. The van der Waals surface area contributed by atoms with Crippen LogP contribution in [0.1, 0.15) is 41.6 Å². The maximum Gasteiger partial charge on any atom is 0.270 e. The molecule has 0 saturated carbocycles. The molecule has 9 heteroatoms. The third-order valence-electron chi connectivity index (χ3n) is 3.34. The molecule has 3 aromatic heterocycles. The molecule has 3 aromatic rings. The molecular formula is C14H17N7OS. The fraction of sp³-hybridized carbons (Fsp3) is 0.357. The van der Waals surface area contributed by atoms with Crippen LogP contribution in [0, 0.1) is 0 Å². The van der Waals surface area contributed by atoms with Gasteiger partial charge in [0.1, 0.15) is 12.0 Å². The van der Waals surface area contributed by atoms with E-state index < -0.39 is 0 Å². The van der Waals surface area contributed by atoms with Crippen LogP contribution in [0.3, 0.4) is 0 Å². The van der Waals surface area contributed by atoms with Crippen molar-refractivity contribution >= 4 is 28.2 Å². The molecular weight excluding hydrogens is 314 g/mol. The van der Waals surface area contributed by atoms with E-state index in [-0.39, 0.29) is 11.8 Å². The second-order valence-corrected chi connectivity index (χ2v) is 6.27. The summed E-state index contributed by atoms with van der Waals surface area (Å²) in [6.07, 6.45) is 2.06. The van der Waals surface area contributed by atoms with E-state index in [0.717, 1.165) is 11.4 Å². The molecule has 0 fully saturated rings. The van der Waals surface area contributed by atoms with Crippen molar-refractivity contribution in [3.8, 4) is 0 Å². The van der Waals surface area contributed by atoms with Crippen molar-refractivity contribution < 1.29 is 4.79 Å². The lowest BCUT2D eigenvalue weighted by Crippen LogP contribution is -2.27. The van der Waals surface area contributed by atoms with Crippen LogP contribution in [-0.4, -0.2) is 37.0 Å². The molecule has 120 valence electrons. The number of aromatic nitrogens is 5. The zero-order chi connectivity index (χ0) is 16.4. The van der Waals surface area contributed by atoms with Gasteiger partial charge in [-0.15, -0.1) is 11.3 Å². The maximum absolute atomic E-state index is 12.3. The molecule has 0 unspecified atom stereocenters. The minimum Gasteiger partial charge on any atom is -0.375 e. The van der Waals surface area contributed by atoms with E-state index in [2.05, 4.69) is 25.4 Å². The lowest BCUT2D eigenvalue weighted by Gasteiger charge is -2.10. The number of hydrogen-bond acceptors (Lipinski definition) is 7. The van der Waals surface area contributed by atoms with Crippen molar-refractivity contribution in [3.05, 3.63) is 34.9 Å². The highest BCUT2D eigenvalue weighted by molar-refractivity contribution is 7.13. The van der Waals surface area contributed by atoms with Crippen LogP contribution < -0.4 is 11.1 Å². The van der Waals surface area contributed by atoms with Crippen LogP contribution >= 0.6 is 11.3 Å². The van der Waals surface area contributed by atoms with Gasteiger partial charge in [0, 0.05) is 18.3 Å².